The molecule has 0 aliphatic rings. The lowest BCUT2D eigenvalue weighted by atomic mass is 10.2. The first-order chi connectivity index (χ1) is 7.04. The molecule has 1 heterocycles. The summed E-state index contributed by atoms with van der Waals surface area (Å²) in [5.74, 6) is 0. The van der Waals surface area contributed by atoms with E-state index in [0.29, 0.717) is 5.15 Å². The minimum atomic E-state index is 0.583. The van der Waals surface area contributed by atoms with Crippen LogP contribution in [0.3, 0.4) is 0 Å². The Morgan fingerprint density at radius 1 is 1.60 bits per heavy atom. The minimum absolute atomic E-state index is 0.583. The van der Waals surface area contributed by atoms with Crippen molar-refractivity contribution in [2.45, 2.75) is 6.92 Å². The third-order valence-corrected chi connectivity index (χ3v) is 3.38. The molecule has 0 bridgehead atoms. The van der Waals surface area contributed by atoms with Crippen molar-refractivity contribution in [1.29, 1.82) is 0 Å². The van der Waals surface area contributed by atoms with Gasteiger partial charge >= 0.3 is 0 Å². The molecule has 0 aromatic carbocycles. The number of hydrogen-bond acceptors (Lipinski definition) is 4. The fraction of sp³-hybridized carbons (Fsp3) is 0.500. The maximum absolute atomic E-state index is 6.04. The largest absolute Gasteiger partial charge is 0.354 e. The fourth-order valence-corrected chi connectivity index (χ4v) is 2.34. The van der Waals surface area contributed by atoms with Crippen LogP contribution in [0.25, 0.3) is 6.08 Å². The molecule has 0 saturated heterocycles. The number of rotatable bonds is 4. The second-order valence-corrected chi connectivity index (χ2v) is 4.93. The maximum atomic E-state index is 6.04. The third-order valence-electron chi connectivity index (χ3n) is 1.81. The van der Waals surface area contributed by atoms with E-state index in [1.54, 1.807) is 11.3 Å². The van der Waals surface area contributed by atoms with E-state index in [1.165, 1.54) is 5.57 Å². The molecule has 0 fully saturated rings. The molecule has 0 unspecified atom stereocenters. The van der Waals surface area contributed by atoms with Crippen LogP contribution >= 0.6 is 22.9 Å². The number of hydrogen-bond donors (Lipinski definition) is 1. The lowest BCUT2D eigenvalue weighted by molar-refractivity contribution is 0.885. The summed E-state index contributed by atoms with van der Waals surface area (Å²) in [6, 6.07) is 0. The van der Waals surface area contributed by atoms with Crippen LogP contribution in [-0.4, -0.2) is 32.7 Å². The average molecular weight is 246 g/mol. The standard InChI is InChI=1S/C10H16ClN3S/c1-7(6-12-2)5-8-9(11)13-10(15-8)14(3)4/h5,12H,6H2,1-4H3. The van der Waals surface area contributed by atoms with Crippen molar-refractivity contribution < 1.29 is 0 Å². The Labute approximate surface area is 99.8 Å². The summed E-state index contributed by atoms with van der Waals surface area (Å²) in [5.41, 5.74) is 1.24. The van der Waals surface area contributed by atoms with Crippen LogP contribution < -0.4 is 10.2 Å². The zero-order valence-corrected chi connectivity index (χ0v) is 11.0. The number of halogens is 1. The molecule has 0 aliphatic carbocycles. The molecule has 1 rings (SSSR count). The van der Waals surface area contributed by atoms with E-state index in [-0.39, 0.29) is 0 Å². The summed E-state index contributed by atoms with van der Waals surface area (Å²) in [6.07, 6.45) is 2.07. The van der Waals surface area contributed by atoms with Crippen LogP contribution in [-0.2, 0) is 0 Å². The average Bonchev–Trinajstić information content (AvgIpc) is 2.48. The molecule has 15 heavy (non-hydrogen) atoms. The molecule has 84 valence electrons. The van der Waals surface area contributed by atoms with Crippen LogP contribution in [0.4, 0.5) is 5.13 Å². The molecular formula is C10H16ClN3S. The third kappa shape index (κ3) is 3.48. The van der Waals surface area contributed by atoms with Gasteiger partial charge < -0.3 is 10.2 Å². The number of nitrogens with zero attached hydrogens (tertiary/aromatic N) is 2. The second-order valence-electron chi connectivity index (χ2n) is 3.57. The van der Waals surface area contributed by atoms with Crippen LogP contribution in [0.5, 0.6) is 0 Å². The molecule has 0 spiro atoms. The van der Waals surface area contributed by atoms with Gasteiger partial charge in [-0.15, -0.1) is 0 Å². The first-order valence-electron chi connectivity index (χ1n) is 4.70. The van der Waals surface area contributed by atoms with Crippen molar-refractivity contribution in [3.63, 3.8) is 0 Å². The van der Waals surface area contributed by atoms with Gasteiger partial charge in [0.05, 0.1) is 4.88 Å². The SMILES string of the molecule is CNCC(C)=Cc1sc(N(C)C)nc1Cl. The lowest BCUT2D eigenvalue weighted by Gasteiger charge is -2.04. The zero-order chi connectivity index (χ0) is 11.4. The van der Waals surface area contributed by atoms with Gasteiger partial charge in [0.2, 0.25) is 0 Å². The van der Waals surface area contributed by atoms with Gasteiger partial charge in [-0.05, 0) is 20.0 Å². The van der Waals surface area contributed by atoms with Crippen molar-refractivity contribution in [3.8, 4) is 0 Å². The van der Waals surface area contributed by atoms with Crippen molar-refractivity contribution in [2.24, 2.45) is 0 Å². The number of nitrogens with one attached hydrogen (secondary N) is 1. The predicted octanol–water partition coefficient (Wildman–Crippen LogP) is 2.49. The first kappa shape index (κ1) is 12.5. The van der Waals surface area contributed by atoms with Crippen LogP contribution in [0, 0.1) is 0 Å². The molecule has 5 heteroatoms. The lowest BCUT2D eigenvalue weighted by Crippen LogP contribution is -2.08. The summed E-state index contributed by atoms with van der Waals surface area (Å²) in [4.78, 5) is 7.25. The molecule has 0 saturated carbocycles. The summed E-state index contributed by atoms with van der Waals surface area (Å²) in [7, 11) is 5.85. The van der Waals surface area contributed by atoms with E-state index in [0.717, 1.165) is 16.6 Å². The number of anilines is 1. The van der Waals surface area contributed by atoms with Gasteiger partial charge in [0.1, 0.15) is 5.15 Å². The van der Waals surface area contributed by atoms with Crippen LogP contribution in [0.2, 0.25) is 5.15 Å². The summed E-state index contributed by atoms with van der Waals surface area (Å²) in [6.45, 7) is 2.94. The van der Waals surface area contributed by atoms with E-state index in [4.69, 9.17) is 11.6 Å². The highest BCUT2D eigenvalue weighted by atomic mass is 35.5. The monoisotopic (exact) mass is 245 g/mol. The van der Waals surface area contributed by atoms with E-state index < -0.39 is 0 Å². The van der Waals surface area contributed by atoms with E-state index in [9.17, 15) is 0 Å². The highest BCUT2D eigenvalue weighted by Gasteiger charge is 2.08. The molecule has 0 amide bonds. The molecule has 0 atom stereocenters. The first-order valence-corrected chi connectivity index (χ1v) is 5.89. The quantitative estimate of drug-likeness (QED) is 0.884. The molecule has 0 aliphatic heterocycles. The van der Waals surface area contributed by atoms with Crippen molar-refractivity contribution in [3.05, 3.63) is 15.6 Å². The summed E-state index contributed by atoms with van der Waals surface area (Å²) >= 11 is 7.64. The molecule has 0 radical (unpaired) electrons. The topological polar surface area (TPSA) is 28.2 Å². The predicted molar refractivity (Wildman–Crippen MR) is 69.0 cm³/mol. The van der Waals surface area contributed by atoms with Gasteiger partial charge in [-0.25, -0.2) is 4.98 Å². The van der Waals surface area contributed by atoms with E-state index >= 15 is 0 Å². The van der Waals surface area contributed by atoms with Crippen molar-refractivity contribution >= 4 is 34.1 Å². The van der Waals surface area contributed by atoms with Gasteiger partial charge in [0.25, 0.3) is 0 Å². The Balaban J connectivity index is 2.90. The summed E-state index contributed by atoms with van der Waals surface area (Å²) in [5, 5.41) is 4.62. The van der Waals surface area contributed by atoms with E-state index in [2.05, 4.69) is 23.3 Å². The normalized spacial score (nSPS) is 11.9. The highest BCUT2D eigenvalue weighted by molar-refractivity contribution is 7.17. The number of likely N-dealkylation sites (N-methyl/N-ethyl adjacent to an activating group) is 1. The van der Waals surface area contributed by atoms with Crippen molar-refractivity contribution in [2.75, 3.05) is 32.6 Å². The maximum Gasteiger partial charge on any atom is 0.186 e. The van der Waals surface area contributed by atoms with Gasteiger partial charge in [-0.3, -0.25) is 0 Å². The van der Waals surface area contributed by atoms with Gasteiger partial charge in [-0.2, -0.15) is 0 Å². The Kier molecular flexibility index (Phi) is 4.57. The van der Waals surface area contributed by atoms with Crippen LogP contribution in [0.15, 0.2) is 5.57 Å². The molecule has 1 aromatic rings. The van der Waals surface area contributed by atoms with E-state index in [1.807, 2.05) is 26.0 Å². The summed E-state index contributed by atoms with van der Waals surface area (Å²) < 4.78 is 0. The Morgan fingerprint density at radius 2 is 2.27 bits per heavy atom. The molecule has 1 N–H and O–H groups in total. The Hall–Kier alpha value is -0.580. The molecule has 3 nitrogen and oxygen atoms in total. The van der Waals surface area contributed by atoms with Gasteiger partial charge in [0.15, 0.2) is 5.13 Å². The van der Waals surface area contributed by atoms with Crippen LogP contribution in [0.1, 0.15) is 11.8 Å². The molecular weight excluding hydrogens is 230 g/mol. The number of aromatic nitrogens is 1. The second kappa shape index (κ2) is 5.49. The smallest absolute Gasteiger partial charge is 0.186 e. The highest BCUT2D eigenvalue weighted by Crippen LogP contribution is 2.30. The Bertz CT molecular complexity index is 358. The molecule has 1 aromatic heterocycles. The Morgan fingerprint density at radius 3 is 2.73 bits per heavy atom. The minimum Gasteiger partial charge on any atom is -0.354 e. The van der Waals surface area contributed by atoms with Gasteiger partial charge in [0, 0.05) is 20.6 Å². The zero-order valence-electron chi connectivity index (χ0n) is 9.47. The van der Waals surface area contributed by atoms with Crippen molar-refractivity contribution in [1.82, 2.24) is 10.3 Å². The number of thiazole rings is 1. The van der Waals surface area contributed by atoms with Gasteiger partial charge in [-0.1, -0.05) is 28.5 Å². The fourth-order valence-electron chi connectivity index (χ4n) is 1.14.